The second kappa shape index (κ2) is 10.3. The Labute approximate surface area is 160 Å². The Balaban J connectivity index is 2.23. The van der Waals surface area contributed by atoms with Crippen LogP contribution in [0.3, 0.4) is 0 Å². The monoisotopic (exact) mass is 367 g/mol. The summed E-state index contributed by atoms with van der Waals surface area (Å²) in [4.78, 5) is 23.7. The third-order valence-electron chi connectivity index (χ3n) is 3.98. The van der Waals surface area contributed by atoms with Gasteiger partial charge >= 0.3 is 11.9 Å². The lowest BCUT2D eigenvalue weighted by Crippen LogP contribution is -2.12. The lowest BCUT2D eigenvalue weighted by molar-refractivity contribution is -0.145. The van der Waals surface area contributed by atoms with E-state index in [1.807, 2.05) is 37.4 Å². The Morgan fingerprint density at radius 2 is 1.81 bits per heavy atom. The Hall–Kier alpha value is -2.92. The highest BCUT2D eigenvalue weighted by molar-refractivity contribution is 5.98. The normalized spacial score (nSPS) is 11.1. The van der Waals surface area contributed by atoms with Crippen molar-refractivity contribution in [2.45, 2.75) is 19.9 Å². The molecule has 142 valence electrons. The average Bonchev–Trinajstić information content (AvgIpc) is 2.68. The van der Waals surface area contributed by atoms with Crippen molar-refractivity contribution >= 4 is 18.0 Å². The zero-order valence-corrected chi connectivity index (χ0v) is 16.0. The smallest absolute Gasteiger partial charge is 0.334 e. The number of methoxy groups -OCH3 is 1. The molecule has 0 saturated heterocycles. The molecule has 0 spiro atoms. The molecule has 1 N–H and O–H groups in total. The SMILES string of the molecule is CCOC(=O)C/C(=C\c1ccc(-c2cccc(CNC)c2)cc1)C(=O)OC. The van der Waals surface area contributed by atoms with Crippen LogP contribution in [0.4, 0.5) is 0 Å². The predicted octanol–water partition coefficient (Wildman–Crippen LogP) is 3.58. The number of hydrogen-bond donors (Lipinski definition) is 1. The molecule has 2 aromatic rings. The lowest BCUT2D eigenvalue weighted by Gasteiger charge is -2.07. The molecule has 0 aliphatic heterocycles. The van der Waals surface area contributed by atoms with Crippen LogP contribution in [0.15, 0.2) is 54.1 Å². The summed E-state index contributed by atoms with van der Waals surface area (Å²) in [6.07, 6.45) is 1.54. The third kappa shape index (κ3) is 6.08. The molecular formula is C22H25NO4. The Kier molecular flexibility index (Phi) is 7.77. The van der Waals surface area contributed by atoms with E-state index in [0.717, 1.165) is 23.2 Å². The zero-order valence-electron chi connectivity index (χ0n) is 16.0. The van der Waals surface area contributed by atoms with Crippen LogP contribution in [0.2, 0.25) is 0 Å². The molecule has 0 atom stereocenters. The highest BCUT2D eigenvalue weighted by Gasteiger charge is 2.15. The number of hydrogen-bond acceptors (Lipinski definition) is 5. The molecule has 0 heterocycles. The van der Waals surface area contributed by atoms with Gasteiger partial charge in [0.15, 0.2) is 0 Å². The molecule has 0 fully saturated rings. The number of carbonyl (C=O) groups is 2. The van der Waals surface area contributed by atoms with Crippen LogP contribution in [-0.2, 0) is 25.6 Å². The second-order valence-corrected chi connectivity index (χ2v) is 6.00. The van der Waals surface area contributed by atoms with Crippen molar-refractivity contribution in [2.75, 3.05) is 20.8 Å². The van der Waals surface area contributed by atoms with Gasteiger partial charge in [0.05, 0.1) is 20.1 Å². The minimum atomic E-state index is -0.535. The van der Waals surface area contributed by atoms with Crippen LogP contribution in [0.5, 0.6) is 0 Å². The maximum atomic E-state index is 11.9. The Bertz CT molecular complexity index is 809. The first kappa shape index (κ1) is 20.4. The fourth-order valence-electron chi connectivity index (χ4n) is 2.72. The summed E-state index contributed by atoms with van der Waals surface area (Å²) >= 11 is 0. The predicted molar refractivity (Wildman–Crippen MR) is 106 cm³/mol. The minimum absolute atomic E-state index is 0.117. The van der Waals surface area contributed by atoms with Crippen molar-refractivity contribution in [3.63, 3.8) is 0 Å². The fraction of sp³-hybridized carbons (Fsp3) is 0.273. The van der Waals surface area contributed by atoms with Crippen molar-refractivity contribution in [3.8, 4) is 11.1 Å². The molecule has 0 amide bonds. The van der Waals surface area contributed by atoms with Crippen LogP contribution < -0.4 is 5.32 Å². The summed E-state index contributed by atoms with van der Waals surface area (Å²) in [5, 5.41) is 3.14. The van der Waals surface area contributed by atoms with Crippen LogP contribution in [0, 0.1) is 0 Å². The van der Waals surface area contributed by atoms with Crippen LogP contribution in [0.25, 0.3) is 17.2 Å². The third-order valence-corrected chi connectivity index (χ3v) is 3.98. The van der Waals surface area contributed by atoms with Crippen LogP contribution in [-0.4, -0.2) is 32.7 Å². The first-order chi connectivity index (χ1) is 13.1. The van der Waals surface area contributed by atoms with Gasteiger partial charge in [-0.15, -0.1) is 0 Å². The van der Waals surface area contributed by atoms with E-state index in [-0.39, 0.29) is 18.6 Å². The molecule has 0 aromatic heterocycles. The van der Waals surface area contributed by atoms with E-state index in [1.54, 1.807) is 13.0 Å². The molecule has 0 aliphatic rings. The number of ether oxygens (including phenoxy) is 2. The maximum Gasteiger partial charge on any atom is 0.334 e. The highest BCUT2D eigenvalue weighted by Crippen LogP contribution is 2.22. The number of carbonyl (C=O) groups excluding carboxylic acids is 2. The lowest BCUT2D eigenvalue weighted by atomic mass is 10.0. The summed E-state index contributed by atoms with van der Waals surface area (Å²) in [6.45, 7) is 2.81. The molecular weight excluding hydrogens is 342 g/mol. The number of rotatable bonds is 8. The van der Waals surface area contributed by atoms with Gasteiger partial charge in [-0.3, -0.25) is 4.79 Å². The standard InChI is InChI=1S/C22H25NO4/c1-4-27-21(24)14-20(22(25)26-3)12-16-8-10-18(11-9-16)19-7-5-6-17(13-19)15-23-2/h5-13,23H,4,14-15H2,1-3H3/b20-12+. The number of esters is 2. The van der Waals surface area contributed by atoms with Crippen molar-refractivity contribution in [2.24, 2.45) is 0 Å². The van der Waals surface area contributed by atoms with E-state index in [4.69, 9.17) is 9.47 Å². The minimum Gasteiger partial charge on any atom is -0.466 e. The molecule has 0 bridgehead atoms. The van der Waals surface area contributed by atoms with Crippen LogP contribution in [0.1, 0.15) is 24.5 Å². The van der Waals surface area contributed by atoms with Gasteiger partial charge in [0.1, 0.15) is 0 Å². The molecule has 2 aromatic carbocycles. The quantitative estimate of drug-likeness (QED) is 0.571. The van der Waals surface area contributed by atoms with E-state index in [1.165, 1.54) is 12.7 Å². The first-order valence-corrected chi connectivity index (χ1v) is 8.85. The average molecular weight is 367 g/mol. The largest absolute Gasteiger partial charge is 0.466 e. The van der Waals surface area contributed by atoms with E-state index in [9.17, 15) is 9.59 Å². The summed E-state index contributed by atoms with van der Waals surface area (Å²) < 4.78 is 9.69. The van der Waals surface area contributed by atoms with Crippen molar-refractivity contribution in [3.05, 3.63) is 65.2 Å². The van der Waals surface area contributed by atoms with Gasteiger partial charge in [0, 0.05) is 12.1 Å². The topological polar surface area (TPSA) is 64.6 Å². The molecule has 0 saturated carbocycles. The Morgan fingerprint density at radius 3 is 2.44 bits per heavy atom. The summed E-state index contributed by atoms with van der Waals surface area (Å²) in [7, 11) is 3.21. The van der Waals surface area contributed by atoms with Gasteiger partial charge in [-0.25, -0.2) is 4.79 Å². The molecule has 0 aliphatic carbocycles. The first-order valence-electron chi connectivity index (χ1n) is 8.85. The number of nitrogens with one attached hydrogen (secondary N) is 1. The van der Waals surface area contributed by atoms with Gasteiger partial charge in [0.25, 0.3) is 0 Å². The van der Waals surface area contributed by atoms with Crippen molar-refractivity contribution in [1.29, 1.82) is 0 Å². The summed E-state index contributed by atoms with van der Waals surface area (Å²) in [6, 6.07) is 16.1. The van der Waals surface area contributed by atoms with Crippen molar-refractivity contribution < 1.29 is 19.1 Å². The maximum absolute atomic E-state index is 11.9. The van der Waals surface area contributed by atoms with E-state index in [2.05, 4.69) is 23.5 Å². The molecule has 2 rings (SSSR count). The Morgan fingerprint density at radius 1 is 1.07 bits per heavy atom. The molecule has 27 heavy (non-hydrogen) atoms. The molecule has 0 radical (unpaired) electrons. The summed E-state index contributed by atoms with van der Waals surface area (Å²) in [5.74, 6) is -0.987. The summed E-state index contributed by atoms with van der Waals surface area (Å²) in [5.41, 5.74) is 4.49. The molecule has 5 nitrogen and oxygen atoms in total. The second-order valence-electron chi connectivity index (χ2n) is 6.00. The molecule has 0 unspecified atom stereocenters. The van der Waals surface area contributed by atoms with Gasteiger partial charge in [-0.05, 0) is 48.4 Å². The van der Waals surface area contributed by atoms with Gasteiger partial charge < -0.3 is 14.8 Å². The van der Waals surface area contributed by atoms with Gasteiger partial charge in [-0.1, -0.05) is 42.5 Å². The fourth-order valence-corrected chi connectivity index (χ4v) is 2.72. The van der Waals surface area contributed by atoms with Crippen LogP contribution >= 0.6 is 0 Å². The number of benzene rings is 2. The van der Waals surface area contributed by atoms with Gasteiger partial charge in [-0.2, -0.15) is 0 Å². The van der Waals surface area contributed by atoms with E-state index < -0.39 is 11.9 Å². The zero-order chi connectivity index (χ0) is 19.6. The highest BCUT2D eigenvalue weighted by atomic mass is 16.5. The van der Waals surface area contributed by atoms with E-state index >= 15 is 0 Å². The van der Waals surface area contributed by atoms with Crippen molar-refractivity contribution in [1.82, 2.24) is 5.32 Å². The molecule has 5 heteroatoms. The van der Waals surface area contributed by atoms with E-state index in [0.29, 0.717) is 0 Å². The van der Waals surface area contributed by atoms with Gasteiger partial charge in [0.2, 0.25) is 0 Å².